The first-order chi connectivity index (χ1) is 5.27. The van der Waals surface area contributed by atoms with Gasteiger partial charge in [-0.15, -0.1) is 0 Å². The Hall–Kier alpha value is -0.0100. The second kappa shape index (κ2) is 8.09. The minimum absolute atomic E-state index is 0.652. The lowest BCUT2D eigenvalue weighted by Gasteiger charge is -1.98. The summed E-state index contributed by atoms with van der Waals surface area (Å²) in [7, 11) is 0. The van der Waals surface area contributed by atoms with Crippen molar-refractivity contribution < 1.29 is 4.74 Å². The Balaban J connectivity index is 2.97. The van der Waals surface area contributed by atoms with Gasteiger partial charge in [-0.05, 0) is 19.4 Å². The van der Waals surface area contributed by atoms with Crippen LogP contribution in [0.5, 0.6) is 0 Å². The topological polar surface area (TPSA) is 9.23 Å². The Morgan fingerprint density at radius 1 is 1.45 bits per heavy atom. The Kier molecular flexibility index (Phi) is 8.08. The average molecular weight is 177 g/mol. The monoisotopic (exact) mass is 176 g/mol. The second-order valence-electron chi connectivity index (χ2n) is 2.57. The molecule has 0 radical (unpaired) electrons. The zero-order chi connectivity index (χ0) is 8.53. The van der Waals surface area contributed by atoms with Gasteiger partial charge < -0.3 is 4.74 Å². The molecule has 0 aromatic carbocycles. The molecule has 0 N–H and O–H groups in total. The van der Waals surface area contributed by atoms with Crippen molar-refractivity contribution in [1.29, 1.82) is 0 Å². The predicted molar refractivity (Wildman–Crippen MR) is 50.0 cm³/mol. The molecule has 0 aliphatic heterocycles. The van der Waals surface area contributed by atoms with Gasteiger partial charge in [0.25, 0.3) is 0 Å². The van der Waals surface area contributed by atoms with E-state index in [2.05, 4.69) is 6.92 Å². The molecule has 0 bridgehead atoms. The minimum Gasteiger partial charge on any atom is -0.377 e. The summed E-state index contributed by atoms with van der Waals surface area (Å²) in [5.41, 5.74) is 0. The van der Waals surface area contributed by atoms with Gasteiger partial charge in [0.1, 0.15) is 0 Å². The van der Waals surface area contributed by atoms with Crippen LogP contribution in [0.4, 0.5) is 0 Å². The lowest BCUT2D eigenvalue weighted by Crippen LogP contribution is -1.93. The number of allylic oxidation sites excluding steroid dienone is 1. The largest absolute Gasteiger partial charge is 0.377 e. The number of halogens is 1. The first-order valence-electron chi connectivity index (χ1n) is 4.17. The normalized spacial score (nSPS) is 12.1. The first kappa shape index (κ1) is 11.0. The molecular weight excluding hydrogens is 160 g/mol. The fraction of sp³-hybridized carbons (Fsp3) is 0.778. The molecule has 0 amide bonds. The molecule has 0 heterocycles. The van der Waals surface area contributed by atoms with E-state index in [1.54, 1.807) is 0 Å². The number of hydrogen-bond donors (Lipinski definition) is 0. The van der Waals surface area contributed by atoms with Gasteiger partial charge in [0.2, 0.25) is 0 Å². The Morgan fingerprint density at radius 3 is 2.73 bits per heavy atom. The number of hydrogen-bond acceptors (Lipinski definition) is 1. The highest BCUT2D eigenvalue weighted by molar-refractivity contribution is 6.29. The maximum Gasteiger partial charge on any atom is 0.0661 e. The number of rotatable bonds is 6. The summed E-state index contributed by atoms with van der Waals surface area (Å²) >= 11 is 5.60. The molecule has 0 saturated heterocycles. The van der Waals surface area contributed by atoms with Gasteiger partial charge >= 0.3 is 0 Å². The summed E-state index contributed by atoms with van der Waals surface area (Å²) in [6.45, 7) is 5.55. The highest BCUT2D eigenvalue weighted by atomic mass is 35.5. The van der Waals surface area contributed by atoms with Gasteiger partial charge in [0.05, 0.1) is 6.61 Å². The van der Waals surface area contributed by atoms with Crippen molar-refractivity contribution in [2.24, 2.45) is 0 Å². The molecule has 2 heteroatoms. The van der Waals surface area contributed by atoms with Crippen molar-refractivity contribution in [3.63, 3.8) is 0 Å². The van der Waals surface area contributed by atoms with E-state index in [-0.39, 0.29) is 0 Å². The van der Waals surface area contributed by atoms with Crippen LogP contribution in [-0.4, -0.2) is 13.2 Å². The van der Waals surface area contributed by atoms with Crippen LogP contribution in [-0.2, 0) is 4.74 Å². The third-order valence-electron chi connectivity index (χ3n) is 1.37. The molecule has 0 aromatic heterocycles. The van der Waals surface area contributed by atoms with E-state index in [4.69, 9.17) is 16.3 Å². The standard InChI is InChI=1S/C9H17ClO/c1-3-4-5-7-11-8-6-9(2)10/h6H,3-5,7-8H2,1-2H3/b9-6-. The van der Waals surface area contributed by atoms with Crippen LogP contribution < -0.4 is 0 Å². The lowest BCUT2D eigenvalue weighted by molar-refractivity contribution is 0.157. The van der Waals surface area contributed by atoms with Crippen LogP contribution in [0.2, 0.25) is 0 Å². The van der Waals surface area contributed by atoms with E-state index in [9.17, 15) is 0 Å². The first-order valence-corrected chi connectivity index (χ1v) is 4.55. The molecule has 0 atom stereocenters. The summed E-state index contributed by atoms with van der Waals surface area (Å²) in [6.07, 6.45) is 5.54. The van der Waals surface area contributed by atoms with Gasteiger partial charge in [0.15, 0.2) is 0 Å². The maximum atomic E-state index is 5.60. The molecular formula is C9H17ClO. The number of unbranched alkanes of at least 4 members (excludes halogenated alkanes) is 2. The van der Waals surface area contributed by atoms with E-state index >= 15 is 0 Å². The van der Waals surface area contributed by atoms with Crippen LogP contribution in [0.3, 0.4) is 0 Å². The van der Waals surface area contributed by atoms with Crippen molar-refractivity contribution in [1.82, 2.24) is 0 Å². The van der Waals surface area contributed by atoms with E-state index in [1.165, 1.54) is 12.8 Å². The Bertz CT molecular complexity index is 106. The van der Waals surface area contributed by atoms with E-state index < -0.39 is 0 Å². The summed E-state index contributed by atoms with van der Waals surface area (Å²) < 4.78 is 5.29. The van der Waals surface area contributed by atoms with Crippen LogP contribution in [0.25, 0.3) is 0 Å². The van der Waals surface area contributed by atoms with E-state index in [0.29, 0.717) is 6.61 Å². The molecule has 0 aromatic rings. The van der Waals surface area contributed by atoms with Gasteiger partial charge in [-0.1, -0.05) is 31.4 Å². The molecule has 0 unspecified atom stereocenters. The summed E-state index contributed by atoms with van der Waals surface area (Å²) in [5, 5.41) is 0.806. The summed E-state index contributed by atoms with van der Waals surface area (Å²) in [6, 6.07) is 0. The Labute approximate surface area is 74.4 Å². The third kappa shape index (κ3) is 9.99. The zero-order valence-corrected chi connectivity index (χ0v) is 8.16. The molecule has 0 rings (SSSR count). The summed E-state index contributed by atoms with van der Waals surface area (Å²) in [4.78, 5) is 0. The van der Waals surface area contributed by atoms with E-state index in [1.807, 2.05) is 13.0 Å². The fourth-order valence-electron chi connectivity index (χ4n) is 0.711. The van der Waals surface area contributed by atoms with Gasteiger partial charge in [-0.3, -0.25) is 0 Å². The predicted octanol–water partition coefficient (Wildman–Crippen LogP) is 3.34. The van der Waals surface area contributed by atoms with Crippen molar-refractivity contribution in [3.8, 4) is 0 Å². The highest BCUT2D eigenvalue weighted by Crippen LogP contribution is 1.98. The van der Waals surface area contributed by atoms with Crippen molar-refractivity contribution in [2.75, 3.05) is 13.2 Å². The van der Waals surface area contributed by atoms with Crippen LogP contribution in [0.15, 0.2) is 11.1 Å². The van der Waals surface area contributed by atoms with Crippen LogP contribution in [0.1, 0.15) is 33.1 Å². The lowest BCUT2D eigenvalue weighted by atomic mass is 10.3. The van der Waals surface area contributed by atoms with Gasteiger partial charge in [-0.25, -0.2) is 0 Å². The summed E-state index contributed by atoms with van der Waals surface area (Å²) in [5.74, 6) is 0. The molecule has 66 valence electrons. The second-order valence-corrected chi connectivity index (χ2v) is 3.17. The molecule has 0 spiro atoms. The van der Waals surface area contributed by atoms with Crippen LogP contribution >= 0.6 is 11.6 Å². The zero-order valence-electron chi connectivity index (χ0n) is 7.40. The third-order valence-corrected chi connectivity index (χ3v) is 1.53. The minimum atomic E-state index is 0.652. The Morgan fingerprint density at radius 2 is 2.18 bits per heavy atom. The molecule has 0 fully saturated rings. The maximum absolute atomic E-state index is 5.60. The van der Waals surface area contributed by atoms with Crippen molar-refractivity contribution >= 4 is 11.6 Å². The molecule has 11 heavy (non-hydrogen) atoms. The van der Waals surface area contributed by atoms with Gasteiger partial charge in [-0.2, -0.15) is 0 Å². The molecule has 0 aliphatic carbocycles. The number of ether oxygens (including phenoxy) is 1. The quantitative estimate of drug-likeness (QED) is 0.565. The highest BCUT2D eigenvalue weighted by Gasteiger charge is 1.85. The average Bonchev–Trinajstić information content (AvgIpc) is 1.96. The smallest absolute Gasteiger partial charge is 0.0661 e. The molecule has 1 nitrogen and oxygen atoms in total. The fourth-order valence-corrected chi connectivity index (χ4v) is 0.774. The molecule has 0 saturated carbocycles. The van der Waals surface area contributed by atoms with Crippen LogP contribution in [0, 0.1) is 0 Å². The van der Waals surface area contributed by atoms with Gasteiger partial charge in [0, 0.05) is 11.6 Å². The SMILES string of the molecule is CCCCCOC/C=C(/C)Cl. The molecule has 0 aliphatic rings. The van der Waals surface area contributed by atoms with Crippen molar-refractivity contribution in [2.45, 2.75) is 33.1 Å². The van der Waals surface area contributed by atoms with Crippen molar-refractivity contribution in [3.05, 3.63) is 11.1 Å². The van der Waals surface area contributed by atoms with E-state index in [0.717, 1.165) is 18.1 Å².